The van der Waals surface area contributed by atoms with Gasteiger partial charge in [0.15, 0.2) is 5.84 Å². The number of hydrogen-bond donors (Lipinski definition) is 2. The average molecular weight is 500 g/mol. The number of nitrogens with one attached hydrogen (secondary N) is 2. The second-order valence-electron chi connectivity index (χ2n) is 10.4. The summed E-state index contributed by atoms with van der Waals surface area (Å²) in [5.41, 5.74) is 4.64. The second-order valence-corrected chi connectivity index (χ2v) is 10.4. The highest BCUT2D eigenvalue weighted by Crippen LogP contribution is 2.40. The second kappa shape index (κ2) is 10.3. The minimum atomic E-state index is -0.521. The molecule has 10 heteroatoms. The third kappa shape index (κ3) is 5.52. The molecule has 2 amide bonds. The number of nitrogens with zero attached hydrogens (tertiary/aromatic N) is 3. The topological polar surface area (TPSA) is 105 Å². The van der Waals surface area contributed by atoms with Crippen molar-refractivity contribution in [3.8, 4) is 5.75 Å². The molecule has 1 aromatic rings. The summed E-state index contributed by atoms with van der Waals surface area (Å²) in [6.07, 6.45) is 4.08. The van der Waals surface area contributed by atoms with Gasteiger partial charge in [-0.25, -0.2) is 10.2 Å². The van der Waals surface area contributed by atoms with Gasteiger partial charge in [-0.1, -0.05) is 6.92 Å². The lowest BCUT2D eigenvalue weighted by Gasteiger charge is -2.40. The zero-order chi connectivity index (χ0) is 26.0. The smallest absolute Gasteiger partial charge is 0.410 e. The molecule has 0 aromatic heterocycles. The van der Waals surface area contributed by atoms with Crippen LogP contribution in [0.5, 0.6) is 5.75 Å². The fourth-order valence-electron chi connectivity index (χ4n) is 4.62. The molecular formula is C26H37N5O5. The van der Waals surface area contributed by atoms with Gasteiger partial charge in [0.2, 0.25) is 0 Å². The molecule has 3 aliphatic rings. The molecule has 2 N–H and O–H groups in total. The van der Waals surface area contributed by atoms with E-state index in [1.807, 2.05) is 57.7 Å². The average Bonchev–Trinajstić information content (AvgIpc) is 2.81. The molecule has 0 spiro atoms. The Hall–Kier alpha value is -3.43. The van der Waals surface area contributed by atoms with E-state index in [0.717, 1.165) is 23.4 Å². The van der Waals surface area contributed by atoms with Crippen molar-refractivity contribution in [2.75, 3.05) is 36.5 Å². The third-order valence-electron chi connectivity index (χ3n) is 6.50. The lowest BCUT2D eigenvalue weighted by Crippen LogP contribution is -2.55. The fourth-order valence-corrected chi connectivity index (χ4v) is 4.62. The Morgan fingerprint density at radius 2 is 2.11 bits per heavy atom. The van der Waals surface area contributed by atoms with Crippen LogP contribution in [0.25, 0.3) is 6.08 Å². The highest BCUT2D eigenvalue weighted by molar-refractivity contribution is 6.09. The number of hydrogen-bond acceptors (Lipinski definition) is 8. The Morgan fingerprint density at radius 3 is 2.81 bits per heavy atom. The summed E-state index contributed by atoms with van der Waals surface area (Å²) in [5, 5.41) is 7.88. The number of amidine groups is 1. The van der Waals surface area contributed by atoms with Crippen LogP contribution in [0, 0.1) is 5.92 Å². The molecule has 0 radical (unpaired) electrons. The van der Waals surface area contributed by atoms with Crippen molar-refractivity contribution in [2.45, 2.75) is 65.6 Å². The van der Waals surface area contributed by atoms with Crippen molar-refractivity contribution < 1.29 is 23.8 Å². The Labute approximate surface area is 212 Å². The molecule has 0 saturated carbocycles. The normalized spacial score (nSPS) is 23.8. The van der Waals surface area contributed by atoms with Crippen molar-refractivity contribution in [3.05, 3.63) is 24.0 Å². The first-order valence-corrected chi connectivity index (χ1v) is 12.6. The van der Waals surface area contributed by atoms with E-state index in [2.05, 4.69) is 22.8 Å². The first-order chi connectivity index (χ1) is 17.1. The molecule has 0 bridgehead atoms. The lowest BCUT2D eigenvalue weighted by atomic mass is 9.93. The lowest BCUT2D eigenvalue weighted by molar-refractivity contribution is -0.122. The summed E-state index contributed by atoms with van der Waals surface area (Å²) in [4.78, 5) is 28.6. The molecule has 36 heavy (non-hydrogen) atoms. The molecule has 3 atom stereocenters. The van der Waals surface area contributed by atoms with Crippen molar-refractivity contribution in [2.24, 2.45) is 11.0 Å². The van der Waals surface area contributed by atoms with E-state index in [1.165, 1.54) is 0 Å². The largest absolute Gasteiger partial charge is 0.501 e. The van der Waals surface area contributed by atoms with Gasteiger partial charge in [-0.3, -0.25) is 4.79 Å². The zero-order valence-corrected chi connectivity index (χ0v) is 22.0. The molecule has 3 aliphatic heterocycles. The van der Waals surface area contributed by atoms with E-state index in [-0.39, 0.29) is 30.6 Å². The molecule has 4 rings (SSSR count). The van der Waals surface area contributed by atoms with Gasteiger partial charge in [0.05, 0.1) is 18.6 Å². The number of fused-ring (bicyclic) bond motifs is 3. The molecule has 196 valence electrons. The van der Waals surface area contributed by atoms with Gasteiger partial charge in [-0.05, 0) is 65.2 Å². The predicted molar refractivity (Wildman–Crippen MR) is 139 cm³/mol. The van der Waals surface area contributed by atoms with Gasteiger partial charge < -0.3 is 29.3 Å². The molecule has 3 unspecified atom stereocenters. The summed E-state index contributed by atoms with van der Waals surface area (Å²) < 4.78 is 17.0. The van der Waals surface area contributed by atoms with E-state index in [0.29, 0.717) is 31.3 Å². The number of amides is 2. The number of piperidine rings is 1. The Morgan fingerprint density at radius 1 is 1.33 bits per heavy atom. The van der Waals surface area contributed by atoms with E-state index in [1.54, 1.807) is 11.2 Å². The van der Waals surface area contributed by atoms with Crippen LogP contribution < -0.4 is 20.4 Å². The predicted octanol–water partition coefficient (Wildman–Crippen LogP) is 3.78. The number of ether oxygens (including phenoxy) is 3. The van der Waals surface area contributed by atoms with E-state index in [9.17, 15) is 9.59 Å². The fraction of sp³-hybridized carbons (Fsp3) is 0.577. The first-order valence-electron chi connectivity index (χ1n) is 12.6. The van der Waals surface area contributed by atoms with Crippen molar-refractivity contribution in [1.29, 1.82) is 0 Å². The molecule has 3 heterocycles. The number of hydrazone groups is 1. The van der Waals surface area contributed by atoms with Crippen molar-refractivity contribution >= 4 is 35.3 Å². The maximum Gasteiger partial charge on any atom is 0.410 e. The summed E-state index contributed by atoms with van der Waals surface area (Å²) >= 11 is 0. The number of anilines is 2. The zero-order valence-electron chi connectivity index (χ0n) is 22.0. The van der Waals surface area contributed by atoms with Gasteiger partial charge in [-0.15, -0.1) is 0 Å². The summed E-state index contributed by atoms with van der Waals surface area (Å²) in [6.45, 7) is 13.6. The molecule has 10 nitrogen and oxygen atoms in total. The number of carbonyl (C=O) groups is 2. The van der Waals surface area contributed by atoms with Crippen LogP contribution in [0.1, 0.15) is 53.5 Å². The van der Waals surface area contributed by atoms with Gasteiger partial charge in [0, 0.05) is 30.4 Å². The van der Waals surface area contributed by atoms with Crippen LogP contribution in [-0.4, -0.2) is 66.7 Å². The van der Waals surface area contributed by atoms with Gasteiger partial charge in [-0.2, -0.15) is 5.10 Å². The first kappa shape index (κ1) is 25.7. The molecule has 1 aromatic carbocycles. The summed E-state index contributed by atoms with van der Waals surface area (Å²) in [7, 11) is 0. The highest BCUT2D eigenvalue weighted by atomic mass is 16.6. The molecule has 0 aliphatic carbocycles. The van der Waals surface area contributed by atoms with Crippen LogP contribution >= 0.6 is 0 Å². The number of rotatable bonds is 5. The maximum atomic E-state index is 12.6. The third-order valence-corrected chi connectivity index (χ3v) is 6.50. The monoisotopic (exact) mass is 499 g/mol. The van der Waals surface area contributed by atoms with Crippen molar-refractivity contribution in [1.82, 2.24) is 10.3 Å². The highest BCUT2D eigenvalue weighted by Gasteiger charge is 2.36. The van der Waals surface area contributed by atoms with Crippen molar-refractivity contribution in [3.63, 3.8) is 0 Å². The summed E-state index contributed by atoms with van der Waals surface area (Å²) in [5.74, 6) is 1.38. The summed E-state index contributed by atoms with van der Waals surface area (Å²) in [6, 6.07) is 3.70. The minimum Gasteiger partial charge on any atom is -0.501 e. The quantitative estimate of drug-likeness (QED) is 0.594. The minimum absolute atomic E-state index is 0.140. The van der Waals surface area contributed by atoms with Crippen LogP contribution in [0.2, 0.25) is 0 Å². The van der Waals surface area contributed by atoms with E-state index >= 15 is 0 Å². The molecule has 1 fully saturated rings. The molecular weight excluding hydrogens is 462 g/mol. The van der Waals surface area contributed by atoms with Crippen LogP contribution in [0.15, 0.2) is 23.5 Å². The number of carbonyl (C=O) groups excluding carboxylic acids is 2. The van der Waals surface area contributed by atoms with Crippen LogP contribution in [0.3, 0.4) is 0 Å². The number of benzene rings is 1. The van der Waals surface area contributed by atoms with E-state index < -0.39 is 11.6 Å². The van der Waals surface area contributed by atoms with Crippen LogP contribution in [0.4, 0.5) is 16.2 Å². The van der Waals surface area contributed by atoms with Gasteiger partial charge >= 0.3 is 6.09 Å². The number of likely N-dealkylation sites (tertiary alicyclic amines) is 1. The van der Waals surface area contributed by atoms with E-state index in [4.69, 9.17) is 14.2 Å². The van der Waals surface area contributed by atoms with Gasteiger partial charge in [0.25, 0.3) is 5.91 Å². The van der Waals surface area contributed by atoms with Crippen LogP contribution in [-0.2, 0) is 14.3 Å². The Kier molecular flexibility index (Phi) is 7.33. The maximum absolute atomic E-state index is 12.6. The Bertz CT molecular complexity index is 1060. The Balaban J connectivity index is 1.59. The SMILES string of the molecule is CCOC=Cc1cc2c(cc1NC1CCN(C(=O)OC(C)(C)C)CC1C)N1C(=NNC(=O)C1C)CO2. The standard InChI is InChI=1S/C26H37N5O5/c1-7-34-11-9-18-12-22-21(31-17(3)24(32)29-28-23(31)15-35-22)13-20(18)27-19-8-10-30(14-16(19)2)25(33)36-26(4,5)6/h9,11-13,16-17,19,27H,7-8,10,14-15H2,1-6H3,(H,29,32). The molecule has 1 saturated heterocycles. The van der Waals surface area contributed by atoms with Gasteiger partial charge in [0.1, 0.15) is 24.0 Å².